The molecule has 6 nitrogen and oxygen atoms in total. The molecule has 1 saturated carbocycles. The second-order valence-electron chi connectivity index (χ2n) is 8.09. The molecule has 1 atom stereocenters. The van der Waals surface area contributed by atoms with Crippen LogP contribution < -0.4 is 5.32 Å². The molecular formula is C22H30N4O2. The Bertz CT molecular complexity index is 863. The Balaban J connectivity index is 1.33. The third-order valence-corrected chi connectivity index (χ3v) is 6.11. The van der Waals surface area contributed by atoms with E-state index in [9.17, 15) is 9.59 Å². The Labute approximate surface area is 166 Å². The van der Waals surface area contributed by atoms with Crippen LogP contribution in [-0.4, -0.2) is 71.3 Å². The number of carbonyl (C=O) groups is 2. The van der Waals surface area contributed by atoms with Gasteiger partial charge in [-0.2, -0.15) is 0 Å². The van der Waals surface area contributed by atoms with Crippen molar-refractivity contribution in [2.24, 2.45) is 0 Å². The number of fused-ring (bicyclic) bond motifs is 1. The minimum atomic E-state index is -0.0977. The Morgan fingerprint density at radius 2 is 1.96 bits per heavy atom. The third-order valence-electron chi connectivity index (χ3n) is 6.11. The SMILES string of the molecule is CCc1cccc2c(C(=O)CN3CCN([C@@H](C)C(=O)NC4CC4)CC3)c[nH]c12. The molecule has 1 aromatic heterocycles. The number of hydrogen-bond acceptors (Lipinski definition) is 4. The van der Waals surface area contributed by atoms with Gasteiger partial charge in [-0.3, -0.25) is 19.4 Å². The molecule has 2 N–H and O–H groups in total. The number of rotatable bonds is 7. The normalized spacial score (nSPS) is 19.6. The second-order valence-corrected chi connectivity index (χ2v) is 8.09. The lowest BCUT2D eigenvalue weighted by atomic mass is 10.0. The quantitative estimate of drug-likeness (QED) is 0.721. The van der Waals surface area contributed by atoms with Crippen LogP contribution in [0.5, 0.6) is 0 Å². The fourth-order valence-corrected chi connectivity index (χ4v) is 4.05. The number of carbonyl (C=O) groups excluding carboxylic acids is 2. The summed E-state index contributed by atoms with van der Waals surface area (Å²) in [6.45, 7) is 7.81. The Morgan fingerprint density at radius 3 is 2.64 bits per heavy atom. The number of nitrogens with one attached hydrogen (secondary N) is 2. The monoisotopic (exact) mass is 382 g/mol. The van der Waals surface area contributed by atoms with Gasteiger partial charge in [0.25, 0.3) is 0 Å². The van der Waals surface area contributed by atoms with Crippen LogP contribution in [0, 0.1) is 0 Å². The van der Waals surface area contributed by atoms with E-state index in [1.54, 1.807) is 0 Å². The standard InChI is InChI=1S/C22H30N4O2/c1-3-16-5-4-6-18-19(13-23-21(16)18)20(27)14-25-9-11-26(12-10-25)15(2)22(28)24-17-7-8-17/h4-6,13,15,17,23H,3,7-12,14H2,1-2H3,(H,24,28)/t15-/m0/s1. The van der Waals surface area contributed by atoms with Gasteiger partial charge in [-0.05, 0) is 31.7 Å². The van der Waals surface area contributed by atoms with Gasteiger partial charge in [-0.1, -0.05) is 25.1 Å². The number of para-hydroxylation sites is 1. The number of aryl methyl sites for hydroxylation is 1. The van der Waals surface area contributed by atoms with Crippen molar-refractivity contribution in [2.75, 3.05) is 32.7 Å². The summed E-state index contributed by atoms with van der Waals surface area (Å²) < 4.78 is 0. The number of Topliss-reactive ketones (excluding diaryl/α,β-unsaturated/α-hetero) is 1. The number of aromatic amines is 1. The van der Waals surface area contributed by atoms with Crippen molar-refractivity contribution in [2.45, 2.75) is 45.2 Å². The molecule has 1 amide bonds. The molecule has 0 unspecified atom stereocenters. The minimum Gasteiger partial charge on any atom is -0.360 e. The zero-order valence-corrected chi connectivity index (χ0v) is 16.8. The molecule has 1 aromatic carbocycles. The van der Waals surface area contributed by atoms with E-state index in [2.05, 4.69) is 33.1 Å². The number of ketones is 1. The van der Waals surface area contributed by atoms with E-state index in [1.807, 2.05) is 25.3 Å². The molecule has 0 spiro atoms. The Kier molecular flexibility index (Phi) is 5.51. The molecule has 2 fully saturated rings. The Hall–Kier alpha value is -2.18. The van der Waals surface area contributed by atoms with E-state index in [0.717, 1.165) is 61.9 Å². The van der Waals surface area contributed by atoms with Gasteiger partial charge in [0.1, 0.15) is 0 Å². The number of benzene rings is 1. The first-order valence-corrected chi connectivity index (χ1v) is 10.5. The van der Waals surface area contributed by atoms with Gasteiger partial charge < -0.3 is 10.3 Å². The predicted octanol–water partition coefficient (Wildman–Crippen LogP) is 2.20. The third kappa shape index (κ3) is 3.98. The van der Waals surface area contributed by atoms with Crippen LogP contribution in [0.3, 0.4) is 0 Å². The highest BCUT2D eigenvalue weighted by Gasteiger charge is 2.30. The summed E-state index contributed by atoms with van der Waals surface area (Å²) in [6, 6.07) is 6.46. The molecule has 0 radical (unpaired) electrons. The van der Waals surface area contributed by atoms with Gasteiger partial charge in [0.05, 0.1) is 12.6 Å². The molecule has 4 rings (SSSR count). The number of hydrogen-bond donors (Lipinski definition) is 2. The predicted molar refractivity (Wildman–Crippen MR) is 111 cm³/mol. The lowest BCUT2D eigenvalue weighted by Gasteiger charge is -2.37. The maximum Gasteiger partial charge on any atom is 0.237 e. The first-order valence-electron chi connectivity index (χ1n) is 10.5. The van der Waals surface area contributed by atoms with E-state index < -0.39 is 0 Å². The molecule has 1 aliphatic carbocycles. The largest absolute Gasteiger partial charge is 0.360 e. The fraction of sp³-hybridized carbons (Fsp3) is 0.545. The zero-order valence-electron chi connectivity index (χ0n) is 16.8. The van der Waals surface area contributed by atoms with Gasteiger partial charge >= 0.3 is 0 Å². The van der Waals surface area contributed by atoms with Gasteiger partial charge in [0.2, 0.25) is 5.91 Å². The van der Waals surface area contributed by atoms with Crippen LogP contribution in [0.15, 0.2) is 24.4 Å². The molecule has 1 aliphatic heterocycles. The summed E-state index contributed by atoms with van der Waals surface area (Å²) in [5.41, 5.74) is 3.10. The molecule has 0 bridgehead atoms. The van der Waals surface area contributed by atoms with Crippen LogP contribution in [0.4, 0.5) is 0 Å². The average molecular weight is 383 g/mol. The minimum absolute atomic E-state index is 0.0977. The average Bonchev–Trinajstić information content (AvgIpc) is 3.41. The summed E-state index contributed by atoms with van der Waals surface area (Å²) in [7, 11) is 0. The maximum absolute atomic E-state index is 12.9. The lowest BCUT2D eigenvalue weighted by Crippen LogP contribution is -2.54. The number of aromatic nitrogens is 1. The summed E-state index contributed by atoms with van der Waals surface area (Å²) in [5.74, 6) is 0.296. The van der Waals surface area contributed by atoms with Gasteiger partial charge in [-0.15, -0.1) is 0 Å². The van der Waals surface area contributed by atoms with Crippen LogP contribution >= 0.6 is 0 Å². The van der Waals surface area contributed by atoms with Crippen molar-refractivity contribution in [3.8, 4) is 0 Å². The van der Waals surface area contributed by atoms with Crippen molar-refractivity contribution in [3.63, 3.8) is 0 Å². The van der Waals surface area contributed by atoms with Gasteiger partial charge in [0, 0.05) is 54.9 Å². The topological polar surface area (TPSA) is 68.4 Å². The molecule has 6 heteroatoms. The highest BCUT2D eigenvalue weighted by Crippen LogP contribution is 2.23. The van der Waals surface area contributed by atoms with Crippen molar-refractivity contribution in [3.05, 3.63) is 35.5 Å². The van der Waals surface area contributed by atoms with E-state index in [4.69, 9.17) is 0 Å². The molecule has 150 valence electrons. The molecule has 2 heterocycles. The van der Waals surface area contributed by atoms with Crippen molar-refractivity contribution < 1.29 is 9.59 Å². The smallest absolute Gasteiger partial charge is 0.237 e. The second kappa shape index (κ2) is 8.05. The first kappa shape index (κ1) is 19.2. The highest BCUT2D eigenvalue weighted by atomic mass is 16.2. The molecule has 28 heavy (non-hydrogen) atoms. The highest BCUT2D eigenvalue weighted by molar-refractivity contribution is 6.09. The van der Waals surface area contributed by atoms with Gasteiger partial charge in [0.15, 0.2) is 5.78 Å². The number of H-pyrrole nitrogens is 1. The number of amides is 1. The van der Waals surface area contributed by atoms with Crippen molar-refractivity contribution in [1.82, 2.24) is 20.1 Å². The Morgan fingerprint density at radius 1 is 1.21 bits per heavy atom. The summed E-state index contributed by atoms with van der Waals surface area (Å²) in [6.07, 6.45) is 5.02. The van der Waals surface area contributed by atoms with E-state index >= 15 is 0 Å². The van der Waals surface area contributed by atoms with E-state index in [0.29, 0.717) is 12.6 Å². The molecule has 2 aromatic rings. The molecular weight excluding hydrogens is 352 g/mol. The zero-order chi connectivity index (χ0) is 19.7. The summed E-state index contributed by atoms with van der Waals surface area (Å²) >= 11 is 0. The number of nitrogens with zero attached hydrogens (tertiary/aromatic N) is 2. The molecule has 1 saturated heterocycles. The summed E-state index contributed by atoms with van der Waals surface area (Å²) in [5, 5.41) is 4.11. The molecule has 2 aliphatic rings. The van der Waals surface area contributed by atoms with Crippen LogP contribution in [0.1, 0.15) is 42.6 Å². The first-order chi connectivity index (χ1) is 13.6. The fourth-order valence-electron chi connectivity index (χ4n) is 4.05. The van der Waals surface area contributed by atoms with Gasteiger partial charge in [-0.25, -0.2) is 0 Å². The van der Waals surface area contributed by atoms with Crippen molar-refractivity contribution in [1.29, 1.82) is 0 Å². The van der Waals surface area contributed by atoms with E-state index in [1.165, 1.54) is 5.56 Å². The summed E-state index contributed by atoms with van der Waals surface area (Å²) in [4.78, 5) is 32.9. The lowest BCUT2D eigenvalue weighted by molar-refractivity contribution is -0.126. The maximum atomic E-state index is 12.9. The van der Waals surface area contributed by atoms with Crippen LogP contribution in [0.2, 0.25) is 0 Å². The van der Waals surface area contributed by atoms with E-state index in [-0.39, 0.29) is 17.7 Å². The van der Waals surface area contributed by atoms with Crippen LogP contribution in [-0.2, 0) is 11.2 Å². The van der Waals surface area contributed by atoms with Crippen molar-refractivity contribution >= 4 is 22.6 Å². The number of piperazine rings is 1. The van der Waals surface area contributed by atoms with Crippen LogP contribution in [0.25, 0.3) is 10.9 Å².